The van der Waals surface area contributed by atoms with Crippen LogP contribution in [-0.2, 0) is 0 Å². The summed E-state index contributed by atoms with van der Waals surface area (Å²) >= 11 is 1.39. The van der Waals surface area contributed by atoms with E-state index in [9.17, 15) is 4.79 Å². The van der Waals surface area contributed by atoms with Crippen LogP contribution in [0.1, 0.15) is 5.56 Å². The lowest BCUT2D eigenvalue weighted by molar-refractivity contribution is 1.15. The number of nitrogens with zero attached hydrogens (tertiary/aromatic N) is 3. The van der Waals surface area contributed by atoms with Crippen LogP contribution in [0.2, 0.25) is 0 Å². The molecule has 4 rings (SSSR count). The first-order valence-corrected chi connectivity index (χ1v) is 7.95. The third kappa shape index (κ3) is 2.43. The number of aryl methyl sites for hydroxylation is 1. The maximum Gasteiger partial charge on any atom is 0.269 e. The second-order valence-corrected chi connectivity index (χ2v) is 6.09. The van der Waals surface area contributed by atoms with Gasteiger partial charge in [-0.2, -0.15) is 0 Å². The summed E-state index contributed by atoms with van der Waals surface area (Å²) in [6.07, 6.45) is 5.27. The van der Waals surface area contributed by atoms with Crippen LogP contribution >= 0.6 is 11.3 Å². The summed E-state index contributed by atoms with van der Waals surface area (Å²) in [6.45, 7) is 1.99. The minimum absolute atomic E-state index is 0.146. The summed E-state index contributed by atoms with van der Waals surface area (Å²) < 4.78 is 0.612. The number of H-pyrrole nitrogens is 1. The molecule has 1 N–H and O–H groups in total. The van der Waals surface area contributed by atoms with Gasteiger partial charge in [0.15, 0.2) is 5.82 Å². The normalized spacial score (nSPS) is 11.0. The Kier molecular flexibility index (Phi) is 3.24. The molecule has 6 heteroatoms. The highest BCUT2D eigenvalue weighted by Gasteiger charge is 2.14. The number of pyridine rings is 2. The van der Waals surface area contributed by atoms with Crippen molar-refractivity contribution in [2.75, 3.05) is 0 Å². The van der Waals surface area contributed by atoms with Crippen molar-refractivity contribution < 1.29 is 0 Å². The molecule has 0 saturated carbocycles. The lowest BCUT2D eigenvalue weighted by Gasteiger charge is -2.03. The van der Waals surface area contributed by atoms with Crippen LogP contribution in [0, 0.1) is 6.92 Å². The summed E-state index contributed by atoms with van der Waals surface area (Å²) in [4.78, 5) is 28.3. The minimum atomic E-state index is -0.146. The maximum absolute atomic E-state index is 12.4. The molecule has 0 aliphatic rings. The molecule has 0 aliphatic carbocycles. The van der Waals surface area contributed by atoms with Crippen LogP contribution in [0.15, 0.2) is 53.0 Å². The Bertz CT molecular complexity index is 1050. The van der Waals surface area contributed by atoms with E-state index in [0.29, 0.717) is 21.7 Å². The van der Waals surface area contributed by atoms with E-state index in [1.165, 1.54) is 11.3 Å². The van der Waals surface area contributed by atoms with E-state index in [-0.39, 0.29) is 5.56 Å². The monoisotopic (exact) mass is 320 g/mol. The number of hydrogen-bond acceptors (Lipinski definition) is 5. The second kappa shape index (κ2) is 5.40. The molecule has 0 saturated heterocycles. The van der Waals surface area contributed by atoms with Crippen molar-refractivity contribution in [1.29, 1.82) is 0 Å². The maximum atomic E-state index is 12.4. The van der Waals surface area contributed by atoms with Gasteiger partial charge in [0.25, 0.3) is 5.56 Å². The van der Waals surface area contributed by atoms with E-state index < -0.39 is 0 Å². The predicted octanol–water partition coefficient (Wildman–Crippen LogP) is 3.42. The molecule has 0 aliphatic heterocycles. The fourth-order valence-electron chi connectivity index (χ4n) is 2.46. The summed E-state index contributed by atoms with van der Waals surface area (Å²) in [5, 5.41) is 1.95. The lowest BCUT2D eigenvalue weighted by atomic mass is 10.1. The molecule has 0 amide bonds. The zero-order valence-corrected chi connectivity index (χ0v) is 13.1. The van der Waals surface area contributed by atoms with Crippen molar-refractivity contribution in [1.82, 2.24) is 19.9 Å². The first-order valence-electron chi connectivity index (χ1n) is 7.07. The Morgan fingerprint density at radius 2 is 2.13 bits per heavy atom. The highest BCUT2D eigenvalue weighted by atomic mass is 32.1. The Hall–Kier alpha value is -2.86. The summed E-state index contributed by atoms with van der Waals surface area (Å²) in [5.41, 5.74) is 4.13. The molecule has 4 heterocycles. The van der Waals surface area contributed by atoms with Gasteiger partial charge in [0.05, 0.1) is 5.52 Å². The topological polar surface area (TPSA) is 71.5 Å². The third-order valence-corrected chi connectivity index (χ3v) is 4.49. The molecule has 23 heavy (non-hydrogen) atoms. The van der Waals surface area contributed by atoms with Gasteiger partial charge in [-0.15, -0.1) is 11.3 Å². The zero-order chi connectivity index (χ0) is 15.8. The lowest BCUT2D eigenvalue weighted by Crippen LogP contribution is -2.08. The Balaban J connectivity index is 1.98. The third-order valence-electron chi connectivity index (χ3n) is 3.52. The van der Waals surface area contributed by atoms with Crippen molar-refractivity contribution in [3.8, 4) is 22.6 Å². The van der Waals surface area contributed by atoms with Gasteiger partial charge in [-0.05, 0) is 30.7 Å². The fraction of sp³-hybridized carbons (Fsp3) is 0.0588. The van der Waals surface area contributed by atoms with Crippen molar-refractivity contribution in [3.63, 3.8) is 0 Å². The van der Waals surface area contributed by atoms with Crippen molar-refractivity contribution in [2.45, 2.75) is 6.92 Å². The Morgan fingerprint density at radius 3 is 2.91 bits per heavy atom. The Morgan fingerprint density at radius 1 is 1.22 bits per heavy atom. The van der Waals surface area contributed by atoms with Crippen LogP contribution in [0.3, 0.4) is 0 Å². The fourth-order valence-corrected chi connectivity index (χ4v) is 3.37. The van der Waals surface area contributed by atoms with E-state index in [1.807, 2.05) is 36.6 Å². The van der Waals surface area contributed by atoms with E-state index >= 15 is 0 Å². The average molecular weight is 320 g/mol. The van der Waals surface area contributed by atoms with Gasteiger partial charge >= 0.3 is 0 Å². The van der Waals surface area contributed by atoms with E-state index in [4.69, 9.17) is 0 Å². The standard InChI is InChI=1S/C17H12N4OS/c1-10-6-11(8-18-7-10)12-9-23-15-14(12)20-16(21-17(15)22)13-4-2-3-5-19-13/h2-9H,1H3,(H,20,21,22). The molecule has 4 aromatic heterocycles. The molecule has 112 valence electrons. The van der Waals surface area contributed by atoms with E-state index in [2.05, 4.69) is 19.9 Å². The molecule has 4 aromatic rings. The van der Waals surface area contributed by atoms with Crippen LogP contribution in [0.4, 0.5) is 0 Å². The van der Waals surface area contributed by atoms with Crippen LogP contribution in [0.5, 0.6) is 0 Å². The second-order valence-electron chi connectivity index (χ2n) is 5.21. The minimum Gasteiger partial charge on any atom is -0.304 e. The summed E-state index contributed by atoms with van der Waals surface area (Å²) in [6, 6.07) is 7.56. The molecule has 0 spiro atoms. The van der Waals surface area contributed by atoms with Crippen molar-refractivity contribution in [2.24, 2.45) is 0 Å². The van der Waals surface area contributed by atoms with Crippen LogP contribution in [-0.4, -0.2) is 19.9 Å². The largest absolute Gasteiger partial charge is 0.304 e. The van der Waals surface area contributed by atoms with Crippen molar-refractivity contribution >= 4 is 21.6 Å². The average Bonchev–Trinajstić information content (AvgIpc) is 3.00. The van der Waals surface area contributed by atoms with Gasteiger partial charge in [-0.3, -0.25) is 14.8 Å². The van der Waals surface area contributed by atoms with E-state index in [1.54, 1.807) is 18.6 Å². The van der Waals surface area contributed by atoms with Gasteiger partial charge in [-0.1, -0.05) is 6.07 Å². The number of nitrogens with one attached hydrogen (secondary N) is 1. The summed E-state index contributed by atoms with van der Waals surface area (Å²) in [5.74, 6) is 0.475. The number of thiophene rings is 1. The highest BCUT2D eigenvalue weighted by molar-refractivity contribution is 7.17. The van der Waals surface area contributed by atoms with Crippen LogP contribution < -0.4 is 5.56 Å². The molecule has 0 bridgehead atoms. The molecule has 5 nitrogen and oxygen atoms in total. The first-order chi connectivity index (χ1) is 11.2. The molecule has 0 radical (unpaired) electrons. The molecular weight excluding hydrogens is 308 g/mol. The molecular formula is C17H12N4OS. The first kappa shape index (κ1) is 13.8. The SMILES string of the molecule is Cc1cncc(-c2csc3c(=O)[nH]c(-c4ccccn4)nc23)c1. The van der Waals surface area contributed by atoms with Gasteiger partial charge in [0.2, 0.25) is 0 Å². The quantitative estimate of drug-likeness (QED) is 0.614. The predicted molar refractivity (Wildman–Crippen MR) is 91.4 cm³/mol. The van der Waals surface area contributed by atoms with Gasteiger partial charge < -0.3 is 4.98 Å². The van der Waals surface area contributed by atoms with Crippen LogP contribution in [0.25, 0.3) is 32.9 Å². The zero-order valence-electron chi connectivity index (χ0n) is 12.3. The molecule has 0 unspecified atom stereocenters. The van der Waals surface area contributed by atoms with Gasteiger partial charge in [0, 0.05) is 35.1 Å². The van der Waals surface area contributed by atoms with Gasteiger partial charge in [-0.25, -0.2) is 4.98 Å². The molecule has 0 aromatic carbocycles. The summed E-state index contributed by atoms with van der Waals surface area (Å²) in [7, 11) is 0. The number of hydrogen-bond donors (Lipinski definition) is 1. The highest BCUT2D eigenvalue weighted by Crippen LogP contribution is 2.31. The van der Waals surface area contributed by atoms with Crippen molar-refractivity contribution in [3.05, 3.63) is 64.2 Å². The number of fused-ring (bicyclic) bond motifs is 1. The molecule has 0 fully saturated rings. The Labute approximate surface area is 135 Å². The van der Waals surface area contributed by atoms with Gasteiger partial charge in [0.1, 0.15) is 10.4 Å². The van der Waals surface area contributed by atoms with E-state index in [0.717, 1.165) is 16.7 Å². The number of aromatic amines is 1. The number of aromatic nitrogens is 4. The number of rotatable bonds is 2. The smallest absolute Gasteiger partial charge is 0.269 e. The molecule has 0 atom stereocenters.